The summed E-state index contributed by atoms with van der Waals surface area (Å²) in [5, 5.41) is 0. The summed E-state index contributed by atoms with van der Waals surface area (Å²) >= 11 is 0. The van der Waals surface area contributed by atoms with Crippen LogP contribution in [0.5, 0.6) is 0 Å². The van der Waals surface area contributed by atoms with Crippen molar-refractivity contribution < 1.29 is 4.74 Å². The van der Waals surface area contributed by atoms with Gasteiger partial charge in [-0.1, -0.05) is 19.8 Å². The van der Waals surface area contributed by atoms with E-state index in [1.54, 1.807) is 0 Å². The van der Waals surface area contributed by atoms with Crippen LogP contribution in [0.25, 0.3) is 0 Å². The second-order valence-corrected chi connectivity index (χ2v) is 5.10. The van der Waals surface area contributed by atoms with Gasteiger partial charge in [0.15, 0.2) is 0 Å². The largest absolute Gasteiger partial charge is 0.381 e. The fraction of sp³-hybridized carbons (Fsp3) is 1.00. The predicted octanol–water partition coefficient (Wildman–Crippen LogP) is 3.38. The van der Waals surface area contributed by atoms with Gasteiger partial charge in [-0.3, -0.25) is 0 Å². The first-order chi connectivity index (χ1) is 6.31. The van der Waals surface area contributed by atoms with Crippen LogP contribution in [0.3, 0.4) is 0 Å². The molecule has 1 heteroatoms. The molecule has 2 rings (SSSR count). The van der Waals surface area contributed by atoms with Gasteiger partial charge in [0.1, 0.15) is 0 Å². The minimum atomic E-state index is 0.669. The van der Waals surface area contributed by atoms with E-state index < -0.39 is 0 Å². The number of ether oxygens (including phenoxy) is 1. The molecule has 13 heavy (non-hydrogen) atoms. The van der Waals surface area contributed by atoms with Gasteiger partial charge in [-0.05, 0) is 43.4 Å². The molecule has 1 unspecified atom stereocenters. The smallest absolute Gasteiger partial charge is 0.0468 e. The maximum Gasteiger partial charge on any atom is 0.0468 e. The molecule has 1 nitrogen and oxygen atoms in total. The van der Waals surface area contributed by atoms with E-state index in [0.29, 0.717) is 5.41 Å². The van der Waals surface area contributed by atoms with Crippen LogP contribution in [-0.2, 0) is 4.74 Å². The molecule has 0 N–H and O–H groups in total. The van der Waals surface area contributed by atoms with Gasteiger partial charge in [0.2, 0.25) is 0 Å². The predicted molar refractivity (Wildman–Crippen MR) is 54.7 cm³/mol. The van der Waals surface area contributed by atoms with Gasteiger partial charge >= 0.3 is 0 Å². The molecule has 1 aliphatic carbocycles. The zero-order valence-electron chi connectivity index (χ0n) is 8.85. The van der Waals surface area contributed by atoms with Gasteiger partial charge in [0.05, 0.1) is 0 Å². The lowest BCUT2D eigenvalue weighted by Crippen LogP contribution is -2.33. The van der Waals surface area contributed by atoms with Crippen molar-refractivity contribution in [3.05, 3.63) is 0 Å². The quantitative estimate of drug-likeness (QED) is 0.558. The van der Waals surface area contributed by atoms with Crippen molar-refractivity contribution in [3.63, 3.8) is 0 Å². The van der Waals surface area contributed by atoms with Crippen molar-refractivity contribution >= 4 is 0 Å². The maximum atomic E-state index is 5.57. The third kappa shape index (κ3) is 2.07. The minimum absolute atomic E-state index is 0.669. The van der Waals surface area contributed by atoms with Crippen molar-refractivity contribution in [1.82, 2.24) is 0 Å². The van der Waals surface area contributed by atoms with E-state index in [9.17, 15) is 0 Å². The standard InChI is InChI=1S/C12H22O/c1-12-7-3-2-5-11(12)6-10-13-9-4-8-12/h11H,2-10H2,1H3/t11-,12?/m1/s1. The van der Waals surface area contributed by atoms with E-state index in [1.807, 2.05) is 0 Å². The highest BCUT2D eigenvalue weighted by Gasteiger charge is 2.36. The molecule has 0 bridgehead atoms. The van der Waals surface area contributed by atoms with Gasteiger partial charge in [-0.2, -0.15) is 0 Å². The van der Waals surface area contributed by atoms with Crippen molar-refractivity contribution in [3.8, 4) is 0 Å². The SMILES string of the molecule is CC12CCCC[C@@H]1CCOCCC2. The lowest BCUT2D eigenvalue weighted by molar-refractivity contribution is 0.0179. The molecule has 0 aromatic rings. The monoisotopic (exact) mass is 182 g/mol. The van der Waals surface area contributed by atoms with Gasteiger partial charge in [0, 0.05) is 13.2 Å². The van der Waals surface area contributed by atoms with E-state index in [2.05, 4.69) is 6.92 Å². The molecule has 76 valence electrons. The molecule has 0 amide bonds. The van der Waals surface area contributed by atoms with E-state index in [0.717, 1.165) is 19.1 Å². The van der Waals surface area contributed by atoms with Gasteiger partial charge in [-0.15, -0.1) is 0 Å². The van der Waals surface area contributed by atoms with E-state index in [-0.39, 0.29) is 0 Å². The molecule has 0 aromatic heterocycles. The third-order valence-electron chi connectivity index (χ3n) is 4.18. The van der Waals surface area contributed by atoms with Crippen LogP contribution >= 0.6 is 0 Å². The number of fused-ring (bicyclic) bond motifs is 1. The van der Waals surface area contributed by atoms with Gasteiger partial charge < -0.3 is 4.74 Å². The summed E-state index contributed by atoms with van der Waals surface area (Å²) in [6.07, 6.45) is 9.85. The first-order valence-electron chi connectivity index (χ1n) is 5.89. The Hall–Kier alpha value is -0.0400. The summed E-state index contributed by atoms with van der Waals surface area (Å²) in [6, 6.07) is 0. The first kappa shape index (κ1) is 9.51. The topological polar surface area (TPSA) is 9.23 Å². The molecule has 2 aliphatic rings. The molecule has 2 atom stereocenters. The van der Waals surface area contributed by atoms with Crippen LogP contribution in [0.2, 0.25) is 0 Å². The molecule has 1 saturated carbocycles. The Labute approximate surface area is 81.9 Å². The summed E-state index contributed by atoms with van der Waals surface area (Å²) in [5.41, 5.74) is 0.669. The van der Waals surface area contributed by atoms with Crippen molar-refractivity contribution in [2.24, 2.45) is 11.3 Å². The third-order valence-corrected chi connectivity index (χ3v) is 4.18. The average Bonchev–Trinajstić information content (AvgIpc) is 2.09. The molecule has 2 fully saturated rings. The van der Waals surface area contributed by atoms with Gasteiger partial charge in [0.25, 0.3) is 0 Å². The fourth-order valence-electron chi connectivity index (χ4n) is 3.20. The molecule has 0 aromatic carbocycles. The maximum absolute atomic E-state index is 5.57. The van der Waals surface area contributed by atoms with E-state index in [4.69, 9.17) is 4.74 Å². The molecular formula is C12H22O. The summed E-state index contributed by atoms with van der Waals surface area (Å²) < 4.78 is 5.57. The molecule has 1 heterocycles. The highest BCUT2D eigenvalue weighted by molar-refractivity contribution is 4.86. The minimum Gasteiger partial charge on any atom is -0.381 e. The Morgan fingerprint density at radius 1 is 1.00 bits per heavy atom. The second-order valence-electron chi connectivity index (χ2n) is 5.10. The Bertz CT molecular complexity index is 167. The van der Waals surface area contributed by atoms with Gasteiger partial charge in [-0.25, -0.2) is 0 Å². The van der Waals surface area contributed by atoms with Crippen LogP contribution in [0.15, 0.2) is 0 Å². The number of rotatable bonds is 0. The highest BCUT2D eigenvalue weighted by Crippen LogP contribution is 2.46. The second kappa shape index (κ2) is 4.00. The molecule has 0 spiro atoms. The normalized spacial score (nSPS) is 41.8. The van der Waals surface area contributed by atoms with Crippen LogP contribution < -0.4 is 0 Å². The van der Waals surface area contributed by atoms with Crippen molar-refractivity contribution in [1.29, 1.82) is 0 Å². The van der Waals surface area contributed by atoms with Crippen LogP contribution in [0.4, 0.5) is 0 Å². The molecule has 1 aliphatic heterocycles. The van der Waals surface area contributed by atoms with E-state index >= 15 is 0 Å². The Morgan fingerprint density at radius 3 is 2.77 bits per heavy atom. The molecular weight excluding hydrogens is 160 g/mol. The Kier molecular flexibility index (Phi) is 2.92. The zero-order chi connectivity index (χ0) is 9.15. The Morgan fingerprint density at radius 2 is 1.85 bits per heavy atom. The summed E-state index contributed by atoms with van der Waals surface area (Å²) in [6.45, 7) is 4.53. The van der Waals surface area contributed by atoms with Crippen LogP contribution in [0, 0.1) is 11.3 Å². The first-order valence-corrected chi connectivity index (χ1v) is 5.89. The molecule has 0 radical (unpaired) electrons. The summed E-state index contributed by atoms with van der Waals surface area (Å²) in [4.78, 5) is 0. The number of hydrogen-bond donors (Lipinski definition) is 0. The summed E-state index contributed by atoms with van der Waals surface area (Å²) in [5.74, 6) is 0.960. The Balaban J connectivity index is 2.02. The van der Waals surface area contributed by atoms with E-state index in [1.165, 1.54) is 44.9 Å². The highest BCUT2D eigenvalue weighted by atomic mass is 16.5. The lowest BCUT2D eigenvalue weighted by Gasteiger charge is -2.43. The van der Waals surface area contributed by atoms with Crippen molar-refractivity contribution in [2.75, 3.05) is 13.2 Å². The zero-order valence-corrected chi connectivity index (χ0v) is 8.85. The van der Waals surface area contributed by atoms with Crippen LogP contribution in [0.1, 0.15) is 51.9 Å². The molecule has 1 saturated heterocycles. The fourth-order valence-corrected chi connectivity index (χ4v) is 3.20. The number of hydrogen-bond acceptors (Lipinski definition) is 1. The lowest BCUT2D eigenvalue weighted by atomic mass is 9.64. The van der Waals surface area contributed by atoms with Crippen LogP contribution in [-0.4, -0.2) is 13.2 Å². The summed E-state index contributed by atoms with van der Waals surface area (Å²) in [7, 11) is 0. The average molecular weight is 182 g/mol. The van der Waals surface area contributed by atoms with Crippen molar-refractivity contribution in [2.45, 2.75) is 51.9 Å².